The molecule has 0 radical (unpaired) electrons. The Morgan fingerprint density at radius 3 is 2.87 bits per heavy atom. The largest absolute Gasteiger partial charge is 0.292 e. The third kappa shape index (κ3) is 2.41. The van der Waals surface area contributed by atoms with Gasteiger partial charge in [0.15, 0.2) is 0 Å². The van der Waals surface area contributed by atoms with Crippen LogP contribution in [0.2, 0.25) is 0 Å². The van der Waals surface area contributed by atoms with Gasteiger partial charge in [0.25, 0.3) is 0 Å². The zero-order valence-electron chi connectivity index (χ0n) is 8.96. The maximum absolute atomic E-state index is 6.32. The summed E-state index contributed by atoms with van der Waals surface area (Å²) in [6.45, 7) is 6.60. The Balaban J connectivity index is 2.07. The number of hydrogen-bond donors (Lipinski definition) is 0. The Labute approximate surface area is 109 Å². The van der Waals surface area contributed by atoms with Crippen molar-refractivity contribution in [1.82, 2.24) is 4.90 Å². The van der Waals surface area contributed by atoms with Crippen LogP contribution in [0.25, 0.3) is 0 Å². The molecule has 2 heterocycles. The molecule has 1 aliphatic rings. The molecule has 4 heteroatoms. The molecule has 0 saturated carbocycles. The molecule has 1 saturated heterocycles. The van der Waals surface area contributed by atoms with Gasteiger partial charge in [0.1, 0.15) is 0 Å². The lowest BCUT2D eigenvalue weighted by Gasteiger charge is -2.33. The standard InChI is InChI=1S/C11H15BrClNS/c1-11(2)10(13)3-4-14(11)6-9-5-8(12)7-15-9/h5,7,10H,3-4,6H2,1-2H3. The van der Waals surface area contributed by atoms with E-state index < -0.39 is 0 Å². The Bertz CT molecular complexity index is 350. The van der Waals surface area contributed by atoms with Gasteiger partial charge in [0.05, 0.1) is 5.38 Å². The quantitative estimate of drug-likeness (QED) is 0.743. The average Bonchev–Trinajstić information content (AvgIpc) is 2.66. The molecular formula is C11H15BrClNS. The van der Waals surface area contributed by atoms with E-state index >= 15 is 0 Å². The van der Waals surface area contributed by atoms with Crippen molar-refractivity contribution in [2.75, 3.05) is 6.54 Å². The van der Waals surface area contributed by atoms with Gasteiger partial charge in [-0.25, -0.2) is 0 Å². The SMILES string of the molecule is CC1(C)C(Cl)CCN1Cc1cc(Br)cs1. The van der Waals surface area contributed by atoms with Crippen molar-refractivity contribution in [2.45, 2.75) is 37.7 Å². The lowest BCUT2D eigenvalue weighted by molar-refractivity contribution is 0.170. The summed E-state index contributed by atoms with van der Waals surface area (Å²) in [6.07, 6.45) is 1.10. The minimum atomic E-state index is 0.123. The molecule has 0 amide bonds. The monoisotopic (exact) mass is 307 g/mol. The van der Waals surface area contributed by atoms with Crippen LogP contribution >= 0.6 is 38.9 Å². The van der Waals surface area contributed by atoms with Crippen molar-refractivity contribution in [3.63, 3.8) is 0 Å². The molecule has 1 aromatic rings. The van der Waals surface area contributed by atoms with Crippen LogP contribution in [0.5, 0.6) is 0 Å². The number of hydrogen-bond acceptors (Lipinski definition) is 2. The van der Waals surface area contributed by atoms with Crippen LogP contribution < -0.4 is 0 Å². The fourth-order valence-electron chi connectivity index (χ4n) is 2.02. The molecule has 0 spiro atoms. The van der Waals surface area contributed by atoms with Crippen molar-refractivity contribution in [1.29, 1.82) is 0 Å². The molecule has 1 atom stereocenters. The van der Waals surface area contributed by atoms with Crippen LogP contribution in [0.1, 0.15) is 25.1 Å². The van der Waals surface area contributed by atoms with Crippen molar-refractivity contribution < 1.29 is 0 Å². The van der Waals surface area contributed by atoms with E-state index in [1.807, 2.05) is 0 Å². The van der Waals surface area contributed by atoms with Gasteiger partial charge in [-0.15, -0.1) is 22.9 Å². The first-order valence-corrected chi connectivity index (χ1v) is 7.23. The van der Waals surface area contributed by atoms with Gasteiger partial charge >= 0.3 is 0 Å². The second-order valence-electron chi connectivity index (χ2n) is 4.56. The summed E-state index contributed by atoms with van der Waals surface area (Å²) in [4.78, 5) is 3.88. The minimum Gasteiger partial charge on any atom is -0.292 e. The van der Waals surface area contributed by atoms with Gasteiger partial charge in [-0.2, -0.15) is 0 Å². The number of likely N-dealkylation sites (tertiary alicyclic amines) is 1. The predicted molar refractivity (Wildman–Crippen MR) is 70.8 cm³/mol. The summed E-state index contributed by atoms with van der Waals surface area (Å²) >= 11 is 11.6. The van der Waals surface area contributed by atoms with E-state index in [-0.39, 0.29) is 10.9 Å². The number of alkyl halides is 1. The van der Waals surface area contributed by atoms with E-state index in [1.54, 1.807) is 11.3 Å². The van der Waals surface area contributed by atoms with Crippen LogP contribution in [0.4, 0.5) is 0 Å². The zero-order valence-corrected chi connectivity index (χ0v) is 12.1. The van der Waals surface area contributed by atoms with Crippen molar-refractivity contribution in [2.24, 2.45) is 0 Å². The summed E-state index contributed by atoms with van der Waals surface area (Å²) < 4.78 is 1.18. The normalized spacial score (nSPS) is 26.0. The topological polar surface area (TPSA) is 3.24 Å². The summed E-state index contributed by atoms with van der Waals surface area (Å²) in [7, 11) is 0. The highest BCUT2D eigenvalue weighted by atomic mass is 79.9. The summed E-state index contributed by atoms with van der Waals surface area (Å²) in [5.41, 5.74) is 0.123. The summed E-state index contributed by atoms with van der Waals surface area (Å²) in [5, 5.41) is 2.41. The number of nitrogens with zero attached hydrogens (tertiary/aromatic N) is 1. The third-order valence-corrected chi connectivity index (χ3v) is 5.64. The first kappa shape index (κ1) is 11.9. The lowest BCUT2D eigenvalue weighted by Crippen LogP contribution is -2.42. The van der Waals surface area contributed by atoms with Crippen molar-refractivity contribution in [3.05, 3.63) is 20.8 Å². The van der Waals surface area contributed by atoms with E-state index in [2.05, 4.69) is 46.1 Å². The van der Waals surface area contributed by atoms with Gasteiger partial charge in [-0.3, -0.25) is 4.90 Å². The molecule has 1 fully saturated rings. The zero-order chi connectivity index (χ0) is 11.1. The fraction of sp³-hybridized carbons (Fsp3) is 0.636. The maximum Gasteiger partial charge on any atom is 0.0526 e. The Morgan fingerprint density at radius 1 is 1.67 bits per heavy atom. The molecule has 1 aliphatic heterocycles. The number of halogens is 2. The van der Waals surface area contributed by atoms with Crippen LogP contribution in [-0.4, -0.2) is 22.4 Å². The third-order valence-electron chi connectivity index (χ3n) is 3.20. The predicted octanol–water partition coefficient (Wildman–Crippen LogP) is 4.10. The van der Waals surface area contributed by atoms with Crippen LogP contribution in [-0.2, 0) is 6.54 Å². The second-order valence-corrected chi connectivity index (χ2v) is 7.00. The van der Waals surface area contributed by atoms with Gasteiger partial charge in [-0.1, -0.05) is 0 Å². The molecule has 1 unspecified atom stereocenters. The minimum absolute atomic E-state index is 0.123. The van der Waals surface area contributed by atoms with Crippen molar-refractivity contribution in [3.8, 4) is 0 Å². The van der Waals surface area contributed by atoms with E-state index in [4.69, 9.17) is 11.6 Å². The molecule has 0 N–H and O–H groups in total. The molecule has 84 valence electrons. The molecule has 2 rings (SSSR count). The van der Waals surface area contributed by atoms with Crippen LogP contribution in [0.15, 0.2) is 15.9 Å². The summed E-state index contributed by atoms with van der Waals surface area (Å²) in [6, 6.07) is 2.20. The highest BCUT2D eigenvalue weighted by Crippen LogP contribution is 2.35. The molecule has 0 aliphatic carbocycles. The summed E-state index contributed by atoms with van der Waals surface area (Å²) in [5.74, 6) is 0. The molecule has 0 bridgehead atoms. The molecule has 15 heavy (non-hydrogen) atoms. The van der Waals surface area contributed by atoms with Gasteiger partial charge in [-0.05, 0) is 42.3 Å². The Hall–Kier alpha value is 0.430. The van der Waals surface area contributed by atoms with E-state index in [0.29, 0.717) is 0 Å². The first-order valence-electron chi connectivity index (χ1n) is 5.12. The van der Waals surface area contributed by atoms with Gasteiger partial charge < -0.3 is 0 Å². The highest BCUT2D eigenvalue weighted by molar-refractivity contribution is 9.10. The fourth-order valence-corrected chi connectivity index (χ4v) is 3.72. The van der Waals surface area contributed by atoms with E-state index in [9.17, 15) is 0 Å². The molecule has 0 aromatic carbocycles. The average molecular weight is 309 g/mol. The Morgan fingerprint density at radius 2 is 2.40 bits per heavy atom. The molecule has 1 nitrogen and oxygen atoms in total. The van der Waals surface area contributed by atoms with Crippen molar-refractivity contribution >= 4 is 38.9 Å². The van der Waals surface area contributed by atoms with Gasteiger partial charge in [0.2, 0.25) is 0 Å². The van der Waals surface area contributed by atoms with E-state index in [1.165, 1.54) is 9.35 Å². The van der Waals surface area contributed by atoms with E-state index in [0.717, 1.165) is 19.5 Å². The number of rotatable bonds is 2. The highest BCUT2D eigenvalue weighted by Gasteiger charge is 2.39. The second kappa shape index (κ2) is 4.36. The first-order chi connectivity index (χ1) is 7.00. The Kier molecular flexibility index (Phi) is 3.46. The van der Waals surface area contributed by atoms with Crippen LogP contribution in [0.3, 0.4) is 0 Å². The maximum atomic E-state index is 6.32. The molecule has 1 aromatic heterocycles. The van der Waals surface area contributed by atoms with Crippen LogP contribution in [0, 0.1) is 0 Å². The van der Waals surface area contributed by atoms with Gasteiger partial charge in [0, 0.05) is 33.4 Å². The molecular weight excluding hydrogens is 294 g/mol. The smallest absolute Gasteiger partial charge is 0.0526 e. The number of thiophene rings is 1. The lowest BCUT2D eigenvalue weighted by atomic mass is 10.0.